The van der Waals surface area contributed by atoms with Crippen LogP contribution in [0.5, 0.6) is 0 Å². The van der Waals surface area contributed by atoms with E-state index >= 15 is 0 Å². The summed E-state index contributed by atoms with van der Waals surface area (Å²) >= 11 is 5.66. The van der Waals surface area contributed by atoms with Crippen molar-refractivity contribution in [3.63, 3.8) is 0 Å². The number of fused-ring (bicyclic) bond motifs is 1. The first kappa shape index (κ1) is 25.2. The summed E-state index contributed by atoms with van der Waals surface area (Å²) in [6.45, 7) is 0. The number of amides is 1. The van der Waals surface area contributed by atoms with E-state index in [0.29, 0.717) is 12.0 Å². The molecule has 1 unspecified atom stereocenters. The van der Waals surface area contributed by atoms with Gasteiger partial charge in [0.2, 0.25) is 6.10 Å². The van der Waals surface area contributed by atoms with Gasteiger partial charge in [-0.3, -0.25) is 14.6 Å². The number of halogens is 4. The Morgan fingerprint density at radius 2 is 1.78 bits per heavy atom. The Bertz CT molecular complexity index is 1390. The van der Waals surface area contributed by atoms with Gasteiger partial charge in [0, 0.05) is 35.5 Å². The number of aryl methyl sites for hydroxylation is 1. The van der Waals surface area contributed by atoms with Crippen molar-refractivity contribution in [2.24, 2.45) is 0 Å². The lowest BCUT2D eigenvalue weighted by atomic mass is 10.0. The van der Waals surface area contributed by atoms with Gasteiger partial charge in [0.1, 0.15) is 0 Å². The van der Waals surface area contributed by atoms with Crippen LogP contribution in [0.1, 0.15) is 29.2 Å². The van der Waals surface area contributed by atoms with Crippen LogP contribution in [0, 0.1) is 0 Å². The molecule has 3 aromatic carbocycles. The van der Waals surface area contributed by atoms with Gasteiger partial charge >= 0.3 is 12.1 Å². The molecule has 9 heteroatoms. The van der Waals surface area contributed by atoms with Gasteiger partial charge in [-0.15, -0.1) is 0 Å². The lowest BCUT2D eigenvalue weighted by Gasteiger charge is -2.19. The number of hydrogen-bond donors (Lipinski definition) is 1. The molecule has 0 saturated heterocycles. The lowest BCUT2D eigenvalue weighted by Crippen LogP contribution is -2.26. The van der Waals surface area contributed by atoms with Gasteiger partial charge in [0.05, 0.1) is 10.6 Å². The second kappa shape index (κ2) is 10.8. The number of anilines is 1. The van der Waals surface area contributed by atoms with Crippen molar-refractivity contribution in [1.29, 1.82) is 0 Å². The molecule has 5 nitrogen and oxygen atoms in total. The molecular formula is C27H20ClF3N2O3. The van der Waals surface area contributed by atoms with Crippen LogP contribution in [0.15, 0.2) is 85.2 Å². The van der Waals surface area contributed by atoms with Crippen molar-refractivity contribution in [3.8, 4) is 0 Å². The number of carbonyl (C=O) groups is 2. The number of nitrogens with one attached hydrogen (secondary N) is 1. The number of esters is 1. The van der Waals surface area contributed by atoms with Gasteiger partial charge in [-0.2, -0.15) is 13.2 Å². The summed E-state index contributed by atoms with van der Waals surface area (Å²) < 4.78 is 45.2. The zero-order valence-electron chi connectivity index (χ0n) is 18.8. The fourth-order valence-electron chi connectivity index (χ4n) is 3.76. The molecule has 4 aromatic rings. The first-order valence-electron chi connectivity index (χ1n) is 11.0. The summed E-state index contributed by atoms with van der Waals surface area (Å²) in [6, 6.07) is 18.8. The van der Waals surface area contributed by atoms with Crippen LogP contribution >= 0.6 is 11.6 Å². The monoisotopic (exact) mass is 512 g/mol. The third kappa shape index (κ3) is 6.01. The minimum absolute atomic E-state index is 0.00276. The SMILES string of the molecule is O=C(CCc1cccc2cnccc12)OC(C(=O)Nc1ccc(Cl)c(C(F)(F)F)c1)c1ccccc1. The number of aromatic nitrogens is 1. The Labute approximate surface area is 209 Å². The molecule has 0 aliphatic carbocycles. The molecular weight excluding hydrogens is 493 g/mol. The van der Waals surface area contributed by atoms with Crippen LogP contribution < -0.4 is 5.32 Å². The topological polar surface area (TPSA) is 68.3 Å². The third-order valence-electron chi connectivity index (χ3n) is 5.50. The molecule has 1 N–H and O–H groups in total. The third-order valence-corrected chi connectivity index (χ3v) is 5.83. The van der Waals surface area contributed by atoms with Crippen molar-refractivity contribution >= 4 is 39.9 Å². The fourth-order valence-corrected chi connectivity index (χ4v) is 3.99. The maximum Gasteiger partial charge on any atom is 0.417 e. The van der Waals surface area contributed by atoms with Crippen LogP contribution in [0.4, 0.5) is 18.9 Å². The van der Waals surface area contributed by atoms with Crippen molar-refractivity contribution in [2.75, 3.05) is 5.32 Å². The Morgan fingerprint density at radius 1 is 1.00 bits per heavy atom. The average molecular weight is 513 g/mol. The average Bonchev–Trinajstić information content (AvgIpc) is 2.87. The van der Waals surface area contributed by atoms with Crippen LogP contribution in [-0.2, 0) is 26.9 Å². The Morgan fingerprint density at radius 3 is 2.53 bits per heavy atom. The summed E-state index contributed by atoms with van der Waals surface area (Å²) in [4.78, 5) is 29.9. The molecule has 1 atom stereocenters. The maximum absolute atomic E-state index is 13.2. The molecule has 0 spiro atoms. The van der Waals surface area contributed by atoms with Crippen molar-refractivity contribution in [1.82, 2.24) is 4.98 Å². The second-order valence-electron chi connectivity index (χ2n) is 7.98. The first-order valence-corrected chi connectivity index (χ1v) is 11.3. The van der Waals surface area contributed by atoms with E-state index in [9.17, 15) is 22.8 Å². The Hall–Kier alpha value is -3.91. The number of benzene rings is 3. The van der Waals surface area contributed by atoms with Crippen LogP contribution in [-0.4, -0.2) is 16.9 Å². The number of carbonyl (C=O) groups excluding carboxylic acids is 2. The van der Waals surface area contributed by atoms with Gasteiger partial charge < -0.3 is 10.1 Å². The molecule has 0 radical (unpaired) electrons. The molecule has 0 fully saturated rings. The molecule has 0 saturated carbocycles. The van der Waals surface area contributed by atoms with E-state index in [1.165, 1.54) is 6.07 Å². The molecule has 1 heterocycles. The van der Waals surface area contributed by atoms with Crippen LogP contribution in [0.25, 0.3) is 10.8 Å². The molecule has 0 aliphatic rings. The summed E-state index contributed by atoms with van der Waals surface area (Å²) in [6.07, 6.45) is -2.29. The summed E-state index contributed by atoms with van der Waals surface area (Å²) in [7, 11) is 0. The van der Waals surface area contributed by atoms with Crippen molar-refractivity contribution in [3.05, 3.63) is 107 Å². The zero-order chi connectivity index (χ0) is 25.7. The Balaban J connectivity index is 1.50. The standard InChI is InChI=1S/C27H20ClF3N2O3/c28-23-11-10-20(15-22(23)27(29,30)31)33-26(35)25(18-5-2-1-3-6-18)36-24(34)12-9-17-7-4-8-19-16-32-14-13-21(17)19/h1-8,10-11,13-16,25H,9,12H2,(H,33,35). The zero-order valence-corrected chi connectivity index (χ0v) is 19.5. The number of pyridine rings is 1. The molecule has 1 aromatic heterocycles. The smallest absolute Gasteiger partial charge is 0.417 e. The number of nitrogens with zero attached hydrogens (tertiary/aromatic N) is 1. The Kier molecular flexibility index (Phi) is 7.55. The number of hydrogen-bond acceptors (Lipinski definition) is 4. The lowest BCUT2D eigenvalue weighted by molar-refractivity contribution is -0.154. The summed E-state index contributed by atoms with van der Waals surface area (Å²) in [5.74, 6) is -1.42. The minimum atomic E-state index is -4.69. The fraction of sp³-hybridized carbons (Fsp3) is 0.148. The van der Waals surface area contributed by atoms with Gasteiger partial charge in [-0.1, -0.05) is 60.1 Å². The van der Waals surface area contributed by atoms with E-state index in [1.807, 2.05) is 24.3 Å². The predicted octanol–water partition coefficient (Wildman–Crippen LogP) is 6.76. The van der Waals surface area contributed by atoms with E-state index in [1.54, 1.807) is 42.7 Å². The molecule has 0 bridgehead atoms. The minimum Gasteiger partial charge on any atom is -0.447 e. The normalized spacial score (nSPS) is 12.2. The van der Waals surface area contributed by atoms with E-state index < -0.39 is 34.7 Å². The quantitative estimate of drug-likeness (QED) is 0.278. The van der Waals surface area contributed by atoms with Gasteiger partial charge in [0.15, 0.2) is 0 Å². The molecule has 184 valence electrons. The van der Waals surface area contributed by atoms with Gasteiger partial charge in [-0.25, -0.2) is 0 Å². The number of alkyl halides is 3. The predicted molar refractivity (Wildman–Crippen MR) is 130 cm³/mol. The molecule has 0 aliphatic heterocycles. The van der Waals surface area contributed by atoms with E-state index in [4.69, 9.17) is 16.3 Å². The highest BCUT2D eigenvalue weighted by atomic mass is 35.5. The van der Waals surface area contributed by atoms with E-state index in [2.05, 4.69) is 10.3 Å². The number of rotatable bonds is 7. The van der Waals surface area contributed by atoms with E-state index in [0.717, 1.165) is 28.5 Å². The molecule has 36 heavy (non-hydrogen) atoms. The second-order valence-corrected chi connectivity index (χ2v) is 8.38. The highest BCUT2D eigenvalue weighted by molar-refractivity contribution is 6.31. The van der Waals surface area contributed by atoms with Gasteiger partial charge in [0.25, 0.3) is 5.91 Å². The maximum atomic E-state index is 13.2. The van der Waals surface area contributed by atoms with E-state index in [-0.39, 0.29) is 12.1 Å². The van der Waals surface area contributed by atoms with Crippen LogP contribution in [0.3, 0.4) is 0 Å². The highest BCUT2D eigenvalue weighted by Crippen LogP contribution is 2.36. The molecule has 1 amide bonds. The summed E-state index contributed by atoms with van der Waals surface area (Å²) in [5.41, 5.74) is 0.0941. The van der Waals surface area contributed by atoms with Crippen molar-refractivity contribution in [2.45, 2.75) is 25.1 Å². The first-order chi connectivity index (χ1) is 17.2. The van der Waals surface area contributed by atoms with Crippen molar-refractivity contribution < 1.29 is 27.5 Å². The summed E-state index contributed by atoms with van der Waals surface area (Å²) in [5, 5.41) is 3.81. The highest BCUT2D eigenvalue weighted by Gasteiger charge is 2.34. The van der Waals surface area contributed by atoms with Crippen LogP contribution in [0.2, 0.25) is 5.02 Å². The largest absolute Gasteiger partial charge is 0.447 e. The number of ether oxygens (including phenoxy) is 1. The van der Waals surface area contributed by atoms with Gasteiger partial charge in [-0.05, 0) is 41.6 Å². The molecule has 4 rings (SSSR count).